The summed E-state index contributed by atoms with van der Waals surface area (Å²) in [4.78, 5) is 14.7. The lowest BCUT2D eigenvalue weighted by Gasteiger charge is -2.32. The maximum absolute atomic E-state index is 13.6. The second kappa shape index (κ2) is 10.2. The number of halogens is 2. The van der Waals surface area contributed by atoms with E-state index in [1.165, 1.54) is 24.3 Å². The first kappa shape index (κ1) is 21.0. The molecule has 2 rings (SSSR count). The molecule has 0 fully saturated rings. The molecule has 1 amide bonds. The molecule has 0 radical (unpaired) electrons. The minimum absolute atomic E-state index is 0.0496. The predicted octanol–water partition coefficient (Wildman–Crippen LogP) is 5.26. The third-order valence-electron chi connectivity index (χ3n) is 4.35. The first-order chi connectivity index (χ1) is 12.9. The van der Waals surface area contributed by atoms with Crippen molar-refractivity contribution < 1.29 is 18.3 Å². The zero-order chi connectivity index (χ0) is 19.8. The summed E-state index contributed by atoms with van der Waals surface area (Å²) < 4.78 is 32.4. The lowest BCUT2D eigenvalue weighted by Crippen LogP contribution is -2.35. The van der Waals surface area contributed by atoms with Crippen LogP contribution in [0.1, 0.15) is 50.8 Å². The summed E-state index contributed by atoms with van der Waals surface area (Å²) in [7, 11) is 0. The van der Waals surface area contributed by atoms with Gasteiger partial charge in [-0.1, -0.05) is 31.2 Å². The molecule has 3 nitrogen and oxygen atoms in total. The Kier molecular flexibility index (Phi) is 7.92. The average Bonchev–Trinajstić information content (AvgIpc) is 2.62. The van der Waals surface area contributed by atoms with Crippen molar-refractivity contribution in [3.05, 3.63) is 71.3 Å². The maximum Gasteiger partial charge on any atom is 0.225 e. The van der Waals surface area contributed by atoms with E-state index in [0.29, 0.717) is 18.6 Å². The molecule has 0 aliphatic heterocycles. The Hall–Kier alpha value is -2.27. The van der Waals surface area contributed by atoms with Crippen molar-refractivity contribution in [1.29, 1.82) is 0 Å². The van der Waals surface area contributed by atoms with Gasteiger partial charge in [0.05, 0.1) is 25.2 Å². The SMILES string of the molecule is CCC(c1ccc(F)cc1)N(Cc1cccc(F)c1)C(=O)CCOC(C)C. The molecule has 2 aromatic carbocycles. The van der Waals surface area contributed by atoms with Crippen molar-refractivity contribution in [3.63, 3.8) is 0 Å². The van der Waals surface area contributed by atoms with Crippen LogP contribution < -0.4 is 0 Å². The molecular weight excluding hydrogens is 348 g/mol. The highest BCUT2D eigenvalue weighted by Gasteiger charge is 2.24. The minimum atomic E-state index is -0.335. The molecule has 1 atom stereocenters. The standard InChI is InChI=1S/C22H27F2NO2/c1-4-21(18-8-10-19(23)11-9-18)25(22(26)12-13-27-16(2)3)15-17-6-5-7-20(24)14-17/h5-11,14,16,21H,4,12-13,15H2,1-3H3. The van der Waals surface area contributed by atoms with E-state index in [1.807, 2.05) is 20.8 Å². The van der Waals surface area contributed by atoms with Crippen LogP contribution in [0, 0.1) is 11.6 Å². The van der Waals surface area contributed by atoms with E-state index in [0.717, 1.165) is 5.56 Å². The van der Waals surface area contributed by atoms with Crippen molar-refractivity contribution >= 4 is 5.91 Å². The average molecular weight is 375 g/mol. The number of hydrogen-bond donors (Lipinski definition) is 0. The van der Waals surface area contributed by atoms with E-state index in [-0.39, 0.29) is 42.7 Å². The van der Waals surface area contributed by atoms with E-state index in [4.69, 9.17) is 4.74 Å². The minimum Gasteiger partial charge on any atom is -0.378 e. The van der Waals surface area contributed by atoms with Crippen LogP contribution in [-0.4, -0.2) is 23.5 Å². The van der Waals surface area contributed by atoms with Crippen LogP contribution in [0.3, 0.4) is 0 Å². The number of ether oxygens (including phenoxy) is 1. The molecule has 0 bridgehead atoms. The summed E-state index contributed by atoms with van der Waals surface area (Å²) >= 11 is 0. The Morgan fingerprint density at radius 1 is 1.07 bits per heavy atom. The topological polar surface area (TPSA) is 29.5 Å². The zero-order valence-electron chi connectivity index (χ0n) is 16.1. The highest BCUT2D eigenvalue weighted by atomic mass is 19.1. The van der Waals surface area contributed by atoms with Gasteiger partial charge in [-0.05, 0) is 55.7 Å². The summed E-state index contributed by atoms with van der Waals surface area (Å²) in [6.07, 6.45) is 0.955. The van der Waals surface area contributed by atoms with E-state index in [9.17, 15) is 13.6 Å². The molecule has 0 saturated heterocycles. The lowest BCUT2D eigenvalue weighted by atomic mass is 10.0. The molecule has 146 valence electrons. The quantitative estimate of drug-likeness (QED) is 0.598. The number of rotatable bonds is 9. The highest BCUT2D eigenvalue weighted by molar-refractivity contribution is 5.77. The van der Waals surface area contributed by atoms with Gasteiger partial charge in [-0.2, -0.15) is 0 Å². The first-order valence-corrected chi connectivity index (χ1v) is 9.31. The van der Waals surface area contributed by atoms with Crippen molar-refractivity contribution in [1.82, 2.24) is 4.90 Å². The number of hydrogen-bond acceptors (Lipinski definition) is 2. The summed E-state index contributed by atoms with van der Waals surface area (Å²) in [5.74, 6) is -0.726. The molecule has 0 aromatic heterocycles. The number of nitrogens with zero attached hydrogens (tertiary/aromatic N) is 1. The van der Waals surface area contributed by atoms with Gasteiger partial charge in [-0.15, -0.1) is 0 Å². The number of benzene rings is 2. The van der Waals surface area contributed by atoms with Gasteiger partial charge in [0, 0.05) is 6.54 Å². The van der Waals surface area contributed by atoms with Gasteiger partial charge in [0.15, 0.2) is 0 Å². The molecule has 2 aromatic rings. The van der Waals surface area contributed by atoms with Gasteiger partial charge in [-0.25, -0.2) is 8.78 Å². The summed E-state index contributed by atoms with van der Waals surface area (Å²) in [5.41, 5.74) is 1.57. The Balaban J connectivity index is 2.25. The number of carbonyl (C=O) groups excluding carboxylic acids is 1. The van der Waals surface area contributed by atoms with E-state index in [1.54, 1.807) is 29.2 Å². The molecule has 0 spiro atoms. The van der Waals surface area contributed by atoms with Crippen LogP contribution in [0.2, 0.25) is 0 Å². The van der Waals surface area contributed by atoms with Crippen LogP contribution in [-0.2, 0) is 16.1 Å². The molecule has 5 heteroatoms. The van der Waals surface area contributed by atoms with Crippen LogP contribution in [0.15, 0.2) is 48.5 Å². The third-order valence-corrected chi connectivity index (χ3v) is 4.35. The smallest absolute Gasteiger partial charge is 0.225 e. The third kappa shape index (κ3) is 6.43. The van der Waals surface area contributed by atoms with Crippen molar-refractivity contribution in [3.8, 4) is 0 Å². The Morgan fingerprint density at radius 3 is 2.37 bits per heavy atom. The first-order valence-electron chi connectivity index (χ1n) is 9.31. The molecule has 0 saturated carbocycles. The van der Waals surface area contributed by atoms with E-state index in [2.05, 4.69) is 0 Å². The van der Waals surface area contributed by atoms with Gasteiger partial charge in [-0.3, -0.25) is 4.79 Å². The highest BCUT2D eigenvalue weighted by Crippen LogP contribution is 2.27. The van der Waals surface area contributed by atoms with Gasteiger partial charge >= 0.3 is 0 Å². The predicted molar refractivity (Wildman–Crippen MR) is 102 cm³/mol. The molecule has 27 heavy (non-hydrogen) atoms. The lowest BCUT2D eigenvalue weighted by molar-refractivity contribution is -0.136. The summed E-state index contributed by atoms with van der Waals surface area (Å²) in [5, 5.41) is 0. The second-order valence-corrected chi connectivity index (χ2v) is 6.80. The van der Waals surface area contributed by atoms with Gasteiger partial charge in [0.25, 0.3) is 0 Å². The maximum atomic E-state index is 13.6. The molecule has 0 aliphatic carbocycles. The molecular formula is C22H27F2NO2. The molecule has 0 heterocycles. The van der Waals surface area contributed by atoms with Crippen LogP contribution in [0.4, 0.5) is 8.78 Å². The van der Waals surface area contributed by atoms with E-state index >= 15 is 0 Å². The fourth-order valence-corrected chi connectivity index (χ4v) is 3.05. The largest absolute Gasteiger partial charge is 0.378 e. The zero-order valence-corrected chi connectivity index (χ0v) is 16.1. The fourth-order valence-electron chi connectivity index (χ4n) is 3.05. The summed E-state index contributed by atoms with van der Waals surface area (Å²) in [6.45, 7) is 6.43. The normalized spacial score (nSPS) is 12.2. The summed E-state index contributed by atoms with van der Waals surface area (Å²) in [6, 6.07) is 12.2. The monoisotopic (exact) mass is 375 g/mol. The van der Waals surface area contributed by atoms with Crippen molar-refractivity contribution in [2.45, 2.75) is 52.3 Å². The van der Waals surface area contributed by atoms with Crippen molar-refractivity contribution in [2.75, 3.05) is 6.61 Å². The molecule has 1 unspecified atom stereocenters. The Bertz CT molecular complexity index is 731. The Morgan fingerprint density at radius 2 is 1.78 bits per heavy atom. The second-order valence-electron chi connectivity index (χ2n) is 6.80. The fraction of sp³-hybridized carbons (Fsp3) is 0.409. The molecule has 0 N–H and O–H groups in total. The van der Waals surface area contributed by atoms with Crippen LogP contribution >= 0.6 is 0 Å². The van der Waals surface area contributed by atoms with Gasteiger partial charge < -0.3 is 9.64 Å². The van der Waals surface area contributed by atoms with Crippen LogP contribution in [0.5, 0.6) is 0 Å². The Labute approximate surface area is 160 Å². The number of carbonyl (C=O) groups is 1. The molecule has 0 aliphatic rings. The van der Waals surface area contributed by atoms with Crippen LogP contribution in [0.25, 0.3) is 0 Å². The van der Waals surface area contributed by atoms with Crippen molar-refractivity contribution in [2.24, 2.45) is 0 Å². The number of amides is 1. The van der Waals surface area contributed by atoms with Gasteiger partial charge in [0.1, 0.15) is 11.6 Å². The van der Waals surface area contributed by atoms with E-state index < -0.39 is 0 Å². The van der Waals surface area contributed by atoms with Gasteiger partial charge in [0.2, 0.25) is 5.91 Å².